The summed E-state index contributed by atoms with van der Waals surface area (Å²) in [5, 5.41) is 0. The van der Waals surface area contributed by atoms with Gasteiger partial charge in [0, 0.05) is 58.9 Å². The van der Waals surface area contributed by atoms with Crippen LogP contribution >= 0.6 is 0 Å². The average Bonchev–Trinajstić information content (AvgIpc) is 2.58. The maximum Gasteiger partial charge on any atom is 0.159 e. The van der Waals surface area contributed by atoms with E-state index in [1.165, 1.54) is 12.1 Å². The lowest BCUT2D eigenvalue weighted by molar-refractivity contribution is 0.0296. The predicted molar refractivity (Wildman–Crippen MR) is 85.3 cm³/mol. The molecule has 0 radical (unpaired) electrons. The summed E-state index contributed by atoms with van der Waals surface area (Å²) in [4.78, 5) is 7.24. The molecule has 0 spiro atoms. The van der Waals surface area contributed by atoms with E-state index in [0.717, 1.165) is 71.1 Å². The molecule has 4 nitrogen and oxygen atoms in total. The summed E-state index contributed by atoms with van der Waals surface area (Å²) in [5.74, 6) is -1.53. The number of halogens is 2. The van der Waals surface area contributed by atoms with Crippen molar-refractivity contribution in [2.24, 2.45) is 0 Å². The Morgan fingerprint density at radius 2 is 1.39 bits per heavy atom. The first-order valence-electron chi connectivity index (χ1n) is 8.39. The Balaban J connectivity index is 1.38. The van der Waals surface area contributed by atoms with Gasteiger partial charge in [-0.3, -0.25) is 14.7 Å². The fourth-order valence-corrected chi connectivity index (χ4v) is 3.17. The molecule has 0 N–H and O–H groups in total. The summed E-state index contributed by atoms with van der Waals surface area (Å²) < 4.78 is 31.6. The molecule has 23 heavy (non-hydrogen) atoms. The minimum Gasteiger partial charge on any atom is -0.379 e. The fourth-order valence-electron chi connectivity index (χ4n) is 3.17. The van der Waals surface area contributed by atoms with Crippen molar-refractivity contribution in [1.82, 2.24) is 14.7 Å². The van der Waals surface area contributed by atoms with Crippen LogP contribution in [0.4, 0.5) is 8.78 Å². The molecule has 2 saturated heterocycles. The quantitative estimate of drug-likeness (QED) is 0.815. The summed E-state index contributed by atoms with van der Waals surface area (Å²) >= 11 is 0. The third kappa shape index (κ3) is 4.94. The predicted octanol–water partition coefficient (Wildman–Crippen LogP) is 1.41. The Kier molecular flexibility index (Phi) is 5.94. The topological polar surface area (TPSA) is 19.0 Å². The van der Waals surface area contributed by atoms with Gasteiger partial charge in [0.05, 0.1) is 13.2 Å². The molecular formula is C17H25F2N3O. The van der Waals surface area contributed by atoms with Gasteiger partial charge in [-0.25, -0.2) is 8.78 Å². The SMILES string of the molecule is Fc1ccc(CN2CCN(CCN3CCOCC3)CC2)cc1F. The van der Waals surface area contributed by atoms with Gasteiger partial charge in [0.1, 0.15) is 0 Å². The molecule has 6 heteroatoms. The molecule has 128 valence electrons. The van der Waals surface area contributed by atoms with Gasteiger partial charge in [0.2, 0.25) is 0 Å². The lowest BCUT2D eigenvalue weighted by atomic mass is 10.2. The van der Waals surface area contributed by atoms with E-state index >= 15 is 0 Å². The van der Waals surface area contributed by atoms with Crippen LogP contribution in [0.5, 0.6) is 0 Å². The van der Waals surface area contributed by atoms with Gasteiger partial charge in [-0.2, -0.15) is 0 Å². The molecule has 0 bridgehead atoms. The second kappa shape index (κ2) is 8.15. The van der Waals surface area contributed by atoms with Gasteiger partial charge in [-0.1, -0.05) is 6.07 Å². The molecule has 2 heterocycles. The van der Waals surface area contributed by atoms with Crippen LogP contribution < -0.4 is 0 Å². The molecule has 2 aliphatic rings. The Hall–Kier alpha value is -1.08. The van der Waals surface area contributed by atoms with Gasteiger partial charge in [0.15, 0.2) is 11.6 Å². The first kappa shape index (κ1) is 16.8. The van der Waals surface area contributed by atoms with E-state index in [1.807, 2.05) is 0 Å². The summed E-state index contributed by atoms with van der Waals surface area (Å²) in [6, 6.07) is 4.19. The van der Waals surface area contributed by atoms with Crippen LogP contribution in [0.3, 0.4) is 0 Å². The van der Waals surface area contributed by atoms with Crippen LogP contribution in [0.25, 0.3) is 0 Å². The third-order valence-corrected chi connectivity index (χ3v) is 4.69. The van der Waals surface area contributed by atoms with Crippen LogP contribution in [0, 0.1) is 11.6 Å². The molecule has 1 aromatic carbocycles. The summed E-state index contributed by atoms with van der Waals surface area (Å²) in [5.41, 5.74) is 0.839. The van der Waals surface area contributed by atoms with Crippen molar-refractivity contribution in [3.05, 3.63) is 35.4 Å². The number of morpholine rings is 1. The lowest BCUT2D eigenvalue weighted by Gasteiger charge is -2.36. The first-order chi connectivity index (χ1) is 11.2. The van der Waals surface area contributed by atoms with E-state index in [0.29, 0.717) is 6.54 Å². The van der Waals surface area contributed by atoms with Gasteiger partial charge >= 0.3 is 0 Å². The van der Waals surface area contributed by atoms with Crippen molar-refractivity contribution in [3.8, 4) is 0 Å². The number of hydrogen-bond acceptors (Lipinski definition) is 4. The largest absolute Gasteiger partial charge is 0.379 e. The molecule has 2 aliphatic heterocycles. The van der Waals surface area contributed by atoms with Crippen molar-refractivity contribution in [1.29, 1.82) is 0 Å². The molecule has 2 fully saturated rings. The monoisotopic (exact) mass is 325 g/mol. The molecule has 0 aliphatic carbocycles. The molecule has 0 saturated carbocycles. The van der Waals surface area contributed by atoms with Crippen molar-refractivity contribution in [3.63, 3.8) is 0 Å². The Morgan fingerprint density at radius 1 is 0.783 bits per heavy atom. The molecular weight excluding hydrogens is 300 g/mol. The van der Waals surface area contributed by atoms with Crippen LogP contribution in [0.1, 0.15) is 5.56 Å². The van der Waals surface area contributed by atoms with E-state index in [4.69, 9.17) is 4.74 Å². The number of piperazine rings is 1. The highest BCUT2D eigenvalue weighted by Crippen LogP contribution is 2.12. The zero-order valence-corrected chi connectivity index (χ0v) is 13.5. The lowest BCUT2D eigenvalue weighted by Crippen LogP contribution is -2.49. The smallest absolute Gasteiger partial charge is 0.159 e. The van der Waals surface area contributed by atoms with Crippen LogP contribution in [0.2, 0.25) is 0 Å². The van der Waals surface area contributed by atoms with Crippen LogP contribution in [0.15, 0.2) is 18.2 Å². The fraction of sp³-hybridized carbons (Fsp3) is 0.647. The molecule has 0 unspecified atom stereocenters. The highest BCUT2D eigenvalue weighted by molar-refractivity contribution is 5.17. The Bertz CT molecular complexity index is 501. The average molecular weight is 325 g/mol. The summed E-state index contributed by atoms with van der Waals surface area (Å²) in [6.45, 7) is 10.7. The van der Waals surface area contributed by atoms with E-state index in [9.17, 15) is 8.78 Å². The van der Waals surface area contributed by atoms with Gasteiger partial charge in [0.25, 0.3) is 0 Å². The van der Waals surface area contributed by atoms with Gasteiger partial charge in [-0.05, 0) is 17.7 Å². The highest BCUT2D eigenvalue weighted by Gasteiger charge is 2.18. The third-order valence-electron chi connectivity index (χ3n) is 4.69. The van der Waals surface area contributed by atoms with E-state index in [-0.39, 0.29) is 0 Å². The standard InChI is InChI=1S/C17H25F2N3O/c18-16-2-1-15(13-17(16)19)14-22-7-5-20(6-8-22)3-4-21-9-11-23-12-10-21/h1-2,13H,3-12,14H2. The van der Waals surface area contributed by atoms with Crippen molar-refractivity contribution in [2.75, 3.05) is 65.6 Å². The second-order valence-electron chi connectivity index (χ2n) is 6.32. The number of ether oxygens (including phenoxy) is 1. The maximum absolute atomic E-state index is 13.3. The maximum atomic E-state index is 13.3. The van der Waals surface area contributed by atoms with Crippen LogP contribution in [-0.4, -0.2) is 80.3 Å². The molecule has 0 aromatic heterocycles. The minimum atomic E-state index is -0.776. The number of nitrogens with zero attached hydrogens (tertiary/aromatic N) is 3. The van der Waals surface area contributed by atoms with Crippen LogP contribution in [-0.2, 0) is 11.3 Å². The number of rotatable bonds is 5. The van der Waals surface area contributed by atoms with Crippen molar-refractivity contribution < 1.29 is 13.5 Å². The van der Waals surface area contributed by atoms with Crippen molar-refractivity contribution in [2.45, 2.75) is 6.54 Å². The van der Waals surface area contributed by atoms with Crippen molar-refractivity contribution >= 4 is 0 Å². The Morgan fingerprint density at radius 3 is 2.04 bits per heavy atom. The van der Waals surface area contributed by atoms with E-state index < -0.39 is 11.6 Å². The van der Waals surface area contributed by atoms with E-state index in [1.54, 1.807) is 6.07 Å². The zero-order valence-electron chi connectivity index (χ0n) is 13.5. The summed E-state index contributed by atoms with van der Waals surface area (Å²) in [6.07, 6.45) is 0. The summed E-state index contributed by atoms with van der Waals surface area (Å²) in [7, 11) is 0. The molecule has 1 aromatic rings. The number of hydrogen-bond donors (Lipinski definition) is 0. The molecule has 3 rings (SSSR count). The highest BCUT2D eigenvalue weighted by atomic mass is 19.2. The van der Waals surface area contributed by atoms with Gasteiger partial charge < -0.3 is 4.74 Å². The number of benzene rings is 1. The van der Waals surface area contributed by atoms with Gasteiger partial charge in [-0.15, -0.1) is 0 Å². The zero-order chi connectivity index (χ0) is 16.1. The first-order valence-corrected chi connectivity index (χ1v) is 8.39. The van der Waals surface area contributed by atoms with E-state index in [2.05, 4.69) is 14.7 Å². The second-order valence-corrected chi connectivity index (χ2v) is 6.32. The minimum absolute atomic E-state index is 0.689. The Labute approximate surface area is 136 Å². The normalized spacial score (nSPS) is 21.7. The molecule has 0 atom stereocenters. The molecule has 0 amide bonds.